The summed E-state index contributed by atoms with van der Waals surface area (Å²) in [7, 11) is 0. The molecule has 0 saturated heterocycles. The van der Waals surface area contributed by atoms with E-state index < -0.39 is 21.7 Å². The topological polar surface area (TPSA) is 50.5 Å². The lowest BCUT2D eigenvalue weighted by molar-refractivity contribution is 0.666. The largest absolute Gasteiger partial charge is 0.172 e. The second kappa shape index (κ2) is 45.2. The zero-order valence-electron chi connectivity index (χ0n) is 87.4. The van der Waals surface area contributed by atoms with Gasteiger partial charge in [0.25, 0.3) is 0 Å². The van der Waals surface area contributed by atoms with E-state index in [9.17, 15) is 0 Å². The molecular formula is C134H144N4S8. The predicted molar refractivity (Wildman–Crippen MR) is 637 cm³/mol. The third-order valence-corrected chi connectivity index (χ3v) is 41.7. The maximum Gasteiger partial charge on any atom is 0.116 e. The van der Waals surface area contributed by atoms with Crippen molar-refractivity contribution < 1.29 is 0 Å². The summed E-state index contributed by atoms with van der Waals surface area (Å²) in [5.74, 6) is 0. The van der Waals surface area contributed by atoms with E-state index in [1.165, 1.54) is 412 Å². The van der Waals surface area contributed by atoms with Gasteiger partial charge in [-0.25, -0.2) is 0 Å². The molecule has 1 aliphatic heterocycles. The van der Waals surface area contributed by atoms with E-state index in [1.54, 1.807) is 0 Å². The van der Waals surface area contributed by atoms with Gasteiger partial charge in [0.2, 0.25) is 0 Å². The van der Waals surface area contributed by atoms with Gasteiger partial charge in [-0.2, -0.15) is 17.5 Å². The second-order valence-corrected chi connectivity index (χ2v) is 50.0. The van der Waals surface area contributed by atoms with Crippen molar-refractivity contribution in [2.75, 3.05) is 0 Å². The summed E-state index contributed by atoms with van der Waals surface area (Å²) in [4.78, 5) is 10.6. The first kappa shape index (κ1) is 101. The number of aryl methyl sites for hydroxylation is 8. The fourth-order valence-corrected chi connectivity index (χ4v) is 34.9. The summed E-state index contributed by atoms with van der Waals surface area (Å²) >= 11 is 14.7. The van der Waals surface area contributed by atoms with Gasteiger partial charge in [0.05, 0.1) is 68.8 Å². The quantitative estimate of drug-likeness (QED) is 0.0357. The molecule has 7 aromatic heterocycles. The molecule has 0 N–H and O–H groups in total. The highest BCUT2D eigenvalue weighted by Gasteiger charge is 2.57. The molecule has 8 heterocycles. The van der Waals surface area contributed by atoms with Crippen LogP contribution in [0.4, 0.5) is 11.4 Å². The molecule has 0 spiro atoms. The first-order chi connectivity index (χ1) is 72.1. The maximum atomic E-state index is 5.66. The fraction of sp³-hybridized carbons (Fsp3) is 0.388. The van der Waals surface area contributed by atoms with Gasteiger partial charge in [-0.05, 0) is 283 Å². The third-order valence-electron chi connectivity index (χ3n) is 33.6. The monoisotopic (exact) mass is 2060 g/mol. The van der Waals surface area contributed by atoms with E-state index in [4.69, 9.17) is 17.5 Å². The molecule has 0 fully saturated rings. The van der Waals surface area contributed by atoms with Gasteiger partial charge in [-0.3, -0.25) is 0 Å². The van der Waals surface area contributed by atoms with Crippen molar-refractivity contribution in [1.29, 1.82) is 0 Å². The Labute approximate surface area is 902 Å². The number of unbranched alkanes of at least 4 members (excludes halogenated alkanes) is 24. The van der Waals surface area contributed by atoms with E-state index in [1.807, 2.05) is 45.3 Å². The Morgan fingerprint density at radius 1 is 0.219 bits per heavy atom. The number of hydrogen-bond donors (Lipinski definition) is 0. The van der Waals surface area contributed by atoms with Crippen molar-refractivity contribution in [2.45, 2.75) is 334 Å². The van der Waals surface area contributed by atoms with Crippen LogP contribution in [-0.2, 0) is 84.4 Å². The minimum absolute atomic E-state index is 0.561. The van der Waals surface area contributed by atoms with E-state index >= 15 is 0 Å². The molecule has 22 rings (SSSR count). The molecule has 0 atom stereocenters. The van der Waals surface area contributed by atoms with E-state index in [2.05, 4.69) is 319 Å². The molecular weight excluding hydrogens is 1920 g/mol. The fourth-order valence-electron chi connectivity index (χ4n) is 25.9. The van der Waals surface area contributed by atoms with Crippen LogP contribution in [0.2, 0.25) is 0 Å². The van der Waals surface area contributed by atoms with Crippen LogP contribution in [0.5, 0.6) is 0 Å². The van der Waals surface area contributed by atoms with Gasteiger partial charge >= 0.3 is 0 Å². The summed E-state index contributed by atoms with van der Waals surface area (Å²) < 4.78 is 25.5. The number of benzene rings is 10. The molecule has 0 radical (unpaired) electrons. The number of hydrogen-bond acceptors (Lipinski definition) is 11. The van der Waals surface area contributed by atoms with Gasteiger partial charge in [0.1, 0.15) is 22.4 Å². The molecule has 0 bridgehead atoms. The lowest BCUT2D eigenvalue weighted by atomic mass is 9.65. The van der Waals surface area contributed by atoms with Crippen LogP contribution in [0.3, 0.4) is 0 Å². The predicted octanol–water partition coefficient (Wildman–Crippen LogP) is 41.7. The van der Waals surface area contributed by atoms with Crippen molar-refractivity contribution in [3.63, 3.8) is 0 Å². The van der Waals surface area contributed by atoms with Gasteiger partial charge in [0.15, 0.2) is 0 Å². The molecule has 0 unspecified atom stereocenters. The highest BCUT2D eigenvalue weighted by Crippen LogP contribution is 2.73. The highest BCUT2D eigenvalue weighted by atomic mass is 32.1. The minimum atomic E-state index is -0.731. The Hall–Kier alpha value is -9.70. The Kier molecular flexibility index (Phi) is 31.2. The SMILES string of the molecule is CCCCCCc1ccc(C2(c3ccc(CCCCCC)cc3)c3cc4c(cc3-c3sccc32)C(c2ccc(CCCCCC)cc2)(c2ccc(CCCCCC)cc2)c2cc(-c3c5c(c(-c6cc7c(s6)-c6sc8c9c(sc8c6C7(c6ccc(CCCCCC)cc6)c6ccc(CCCCCC)cc6)-c6sccc6C9(c6ccc(CCCCCC)cc6)c6ccc(CCCCCC)cc6)c6nsnc36)N=S=N5)sc2-4)cc1. The highest BCUT2D eigenvalue weighted by molar-refractivity contribution is 7.58. The molecule has 5 aliphatic rings. The summed E-state index contributed by atoms with van der Waals surface area (Å²) in [6.45, 7) is 18.6. The Balaban J connectivity index is 0.759. The standard InChI is InChI=1S/C134H144N4S8/c1-9-17-25-33-41-89-49-65-97(66-50-89)131(98-67-51-90(52-68-98)42-34-26-18-10-2)107-81-83-139-123(107)105-85-110-106(86-109(105)131)124-111(132(110,99-69-53-91(54-70-99)43-35-27-19-11-3)100-71-55-92(56-72-100)44-36-28-20-12-4)87-113(141-124)115-119-121(137-145-135-119)116(122-120(115)136-146-138-122)114-88-112-126(142-114)128-118(134(112,103-77-61-95(62-78-103)47-39-31-23-15-7)104-79-63-96(64-80-104)48-40-32-24-16-8)130-129(144-128)117-127(143-130)125-108(82-84-140-125)133(117,101-73-57-93(58-74-101)45-37-29-21-13-5)102-75-59-94(60-76-102)46-38-30-22-14-6/h49-88H,9-48H2,1-8H3. The lowest BCUT2D eigenvalue weighted by Crippen LogP contribution is -2.30. The Morgan fingerprint density at radius 3 is 0.781 bits per heavy atom. The van der Waals surface area contributed by atoms with Crippen LogP contribution in [0.15, 0.2) is 250 Å². The van der Waals surface area contributed by atoms with Crippen LogP contribution < -0.4 is 0 Å². The summed E-state index contributed by atoms with van der Waals surface area (Å²) in [6, 6.07) is 96.4. The van der Waals surface area contributed by atoms with E-state index in [0.29, 0.717) is 0 Å². The zero-order valence-corrected chi connectivity index (χ0v) is 94.0. The summed E-state index contributed by atoms with van der Waals surface area (Å²) in [5, 5.41) is 4.80. The van der Waals surface area contributed by atoms with Crippen molar-refractivity contribution in [1.82, 2.24) is 8.75 Å². The first-order valence-electron chi connectivity index (χ1n) is 56.5. The van der Waals surface area contributed by atoms with Crippen LogP contribution in [0.25, 0.3) is 81.7 Å². The first-order valence-corrected chi connectivity index (χ1v) is 63.0. The number of aromatic nitrogens is 2. The molecule has 4 nitrogen and oxygen atoms in total. The molecule has 4 aliphatic carbocycles. The average Bonchev–Trinajstić information content (AvgIpc) is 1.44. The molecule has 10 aromatic carbocycles. The second-order valence-electron chi connectivity index (χ2n) is 43.0. The lowest BCUT2D eigenvalue weighted by Gasteiger charge is -2.35. The normalized spacial score (nSPS) is 14.3. The minimum Gasteiger partial charge on any atom is -0.172 e. The van der Waals surface area contributed by atoms with Gasteiger partial charge in [-0.15, -0.1) is 68.0 Å². The van der Waals surface area contributed by atoms with Crippen LogP contribution >= 0.6 is 79.7 Å². The maximum absolute atomic E-state index is 5.66. The number of rotatable bonds is 50. The van der Waals surface area contributed by atoms with Gasteiger partial charge in [-0.1, -0.05) is 404 Å². The smallest absolute Gasteiger partial charge is 0.116 e. The van der Waals surface area contributed by atoms with Crippen molar-refractivity contribution in [3.8, 4) is 61.3 Å². The Bertz CT molecular complexity index is 7260. The summed E-state index contributed by atoms with van der Waals surface area (Å²) in [6.07, 6.45) is 48.3. The number of fused-ring (bicyclic) bond motifs is 17. The van der Waals surface area contributed by atoms with Crippen LogP contribution in [0, 0.1) is 0 Å². The van der Waals surface area contributed by atoms with Crippen LogP contribution in [0.1, 0.15) is 394 Å². The van der Waals surface area contributed by atoms with Crippen LogP contribution in [-0.4, -0.2) is 8.75 Å². The zero-order chi connectivity index (χ0) is 99.3. The molecule has 748 valence electrons. The Morgan fingerprint density at radius 2 is 0.473 bits per heavy atom. The molecule has 146 heavy (non-hydrogen) atoms. The average molecular weight is 2070 g/mol. The van der Waals surface area contributed by atoms with Gasteiger partial charge < -0.3 is 0 Å². The number of nitrogens with zero attached hydrogens (tertiary/aromatic N) is 4. The number of thiophene rings is 6. The van der Waals surface area contributed by atoms with Crippen molar-refractivity contribution in [3.05, 3.63) is 375 Å². The third kappa shape index (κ3) is 18.2. The molecule has 17 aromatic rings. The summed E-state index contributed by atoms with van der Waals surface area (Å²) in [5.41, 5.74) is 38.8. The van der Waals surface area contributed by atoms with Crippen molar-refractivity contribution >= 4 is 123 Å². The molecule has 0 saturated carbocycles. The van der Waals surface area contributed by atoms with E-state index in [0.717, 1.165) is 94.7 Å². The van der Waals surface area contributed by atoms with E-state index in [-0.39, 0.29) is 0 Å². The molecule has 12 heteroatoms. The van der Waals surface area contributed by atoms with Gasteiger partial charge in [0, 0.05) is 46.6 Å². The van der Waals surface area contributed by atoms with Crippen molar-refractivity contribution in [2.24, 2.45) is 8.73 Å². The molecule has 0 amide bonds.